The number of likely N-dealkylation sites (tertiary alicyclic amines) is 1. The Hall–Kier alpha value is -1.10. The number of rotatable bonds is 8. The molecule has 110 valence electrons. The van der Waals surface area contributed by atoms with Crippen LogP contribution in [0.15, 0.2) is 0 Å². The molecule has 5 heteroatoms. The first-order valence-corrected chi connectivity index (χ1v) is 7.31. The van der Waals surface area contributed by atoms with E-state index in [1.54, 1.807) is 0 Å². The van der Waals surface area contributed by atoms with Crippen molar-refractivity contribution in [1.82, 2.24) is 10.2 Å². The molecule has 19 heavy (non-hydrogen) atoms. The van der Waals surface area contributed by atoms with Gasteiger partial charge in [0, 0.05) is 12.6 Å². The number of nitrogens with zero attached hydrogens (tertiary/aromatic N) is 1. The fourth-order valence-electron chi connectivity index (χ4n) is 2.67. The Bertz CT molecular complexity index is 307. The number of unbranched alkanes of at least 4 members (excludes halogenated alkanes) is 2. The topological polar surface area (TPSA) is 69.6 Å². The number of carbonyl (C=O) groups is 2. The van der Waals surface area contributed by atoms with E-state index in [9.17, 15) is 9.59 Å². The molecule has 2 unspecified atom stereocenters. The Morgan fingerprint density at radius 3 is 2.79 bits per heavy atom. The molecule has 0 bridgehead atoms. The van der Waals surface area contributed by atoms with E-state index in [2.05, 4.69) is 12.2 Å². The van der Waals surface area contributed by atoms with E-state index in [1.165, 1.54) is 0 Å². The number of aliphatic carboxylic acids is 1. The predicted molar refractivity (Wildman–Crippen MR) is 74.0 cm³/mol. The Morgan fingerprint density at radius 2 is 2.16 bits per heavy atom. The Kier molecular flexibility index (Phi) is 6.84. The number of hydrogen-bond donors (Lipinski definition) is 2. The van der Waals surface area contributed by atoms with Crippen LogP contribution in [0.3, 0.4) is 0 Å². The van der Waals surface area contributed by atoms with Gasteiger partial charge in [0.1, 0.15) is 0 Å². The van der Waals surface area contributed by atoms with Gasteiger partial charge in [-0.2, -0.15) is 0 Å². The molecule has 0 saturated carbocycles. The molecule has 1 heterocycles. The summed E-state index contributed by atoms with van der Waals surface area (Å²) < 4.78 is 0. The van der Waals surface area contributed by atoms with Crippen molar-refractivity contribution in [3.8, 4) is 0 Å². The molecule has 0 aliphatic carbocycles. The molecular weight excluding hydrogens is 244 g/mol. The van der Waals surface area contributed by atoms with Crippen molar-refractivity contribution in [3.05, 3.63) is 0 Å². The van der Waals surface area contributed by atoms with E-state index in [0.29, 0.717) is 6.54 Å². The average molecular weight is 270 g/mol. The second kappa shape index (κ2) is 8.15. The van der Waals surface area contributed by atoms with Crippen LogP contribution in [-0.2, 0) is 9.59 Å². The maximum absolute atomic E-state index is 12.0. The Morgan fingerprint density at radius 1 is 1.42 bits per heavy atom. The summed E-state index contributed by atoms with van der Waals surface area (Å²) in [5.41, 5.74) is 0. The smallest absolute Gasteiger partial charge is 0.304 e. The first-order chi connectivity index (χ1) is 9.06. The van der Waals surface area contributed by atoms with Crippen molar-refractivity contribution in [2.75, 3.05) is 13.1 Å². The minimum absolute atomic E-state index is 0.00823. The van der Waals surface area contributed by atoms with Gasteiger partial charge >= 0.3 is 5.97 Å². The van der Waals surface area contributed by atoms with Gasteiger partial charge in [0.05, 0.1) is 12.5 Å². The minimum atomic E-state index is -0.785. The second-order valence-corrected chi connectivity index (χ2v) is 5.31. The number of nitrogens with one attached hydrogen (secondary N) is 1. The standard InChI is InChI=1S/C14H26N2O3/c1-3-4-5-8-15-14(19)11(2)16-9-6-7-12(16)10-13(17)18/h11-12H,3-10H2,1-2H3,(H,15,19)(H,17,18). The molecule has 1 rings (SSSR count). The van der Waals surface area contributed by atoms with Crippen LogP contribution in [0, 0.1) is 0 Å². The molecule has 0 spiro atoms. The average Bonchev–Trinajstić information content (AvgIpc) is 2.80. The van der Waals surface area contributed by atoms with Gasteiger partial charge in [-0.05, 0) is 32.7 Å². The second-order valence-electron chi connectivity index (χ2n) is 5.31. The van der Waals surface area contributed by atoms with Crippen LogP contribution in [-0.4, -0.2) is 47.1 Å². The molecule has 1 saturated heterocycles. The molecule has 0 radical (unpaired) electrons. The van der Waals surface area contributed by atoms with E-state index in [0.717, 1.165) is 38.6 Å². The lowest BCUT2D eigenvalue weighted by molar-refractivity contribution is -0.139. The van der Waals surface area contributed by atoms with Crippen molar-refractivity contribution >= 4 is 11.9 Å². The zero-order valence-corrected chi connectivity index (χ0v) is 12.0. The van der Waals surface area contributed by atoms with Crippen LogP contribution < -0.4 is 5.32 Å². The van der Waals surface area contributed by atoms with E-state index in [1.807, 2.05) is 11.8 Å². The summed E-state index contributed by atoms with van der Waals surface area (Å²) in [6, 6.07) is -0.220. The Balaban J connectivity index is 2.39. The Labute approximate surface area is 115 Å². The molecule has 2 atom stereocenters. The summed E-state index contributed by atoms with van der Waals surface area (Å²) in [6.45, 7) is 5.54. The van der Waals surface area contributed by atoms with Gasteiger partial charge in [-0.25, -0.2) is 0 Å². The quantitative estimate of drug-likeness (QED) is 0.658. The highest BCUT2D eigenvalue weighted by Crippen LogP contribution is 2.22. The van der Waals surface area contributed by atoms with Gasteiger partial charge in [-0.1, -0.05) is 19.8 Å². The molecule has 5 nitrogen and oxygen atoms in total. The highest BCUT2D eigenvalue weighted by molar-refractivity contribution is 5.81. The lowest BCUT2D eigenvalue weighted by Gasteiger charge is -2.28. The van der Waals surface area contributed by atoms with Gasteiger partial charge in [-0.15, -0.1) is 0 Å². The predicted octanol–water partition coefficient (Wildman–Crippen LogP) is 1.62. The van der Waals surface area contributed by atoms with Crippen LogP contribution in [0.25, 0.3) is 0 Å². The minimum Gasteiger partial charge on any atom is -0.481 e. The molecule has 1 fully saturated rings. The molecule has 0 aromatic rings. The van der Waals surface area contributed by atoms with Crippen LogP contribution in [0.5, 0.6) is 0 Å². The zero-order valence-electron chi connectivity index (χ0n) is 12.0. The maximum Gasteiger partial charge on any atom is 0.304 e. The lowest BCUT2D eigenvalue weighted by Crippen LogP contribution is -2.47. The third-order valence-corrected chi connectivity index (χ3v) is 3.79. The number of amides is 1. The fraction of sp³-hybridized carbons (Fsp3) is 0.857. The molecule has 1 aliphatic rings. The highest BCUT2D eigenvalue weighted by atomic mass is 16.4. The molecule has 1 aliphatic heterocycles. The zero-order chi connectivity index (χ0) is 14.3. The van der Waals surface area contributed by atoms with E-state index in [4.69, 9.17) is 5.11 Å². The first kappa shape index (κ1) is 16.0. The number of hydrogen-bond acceptors (Lipinski definition) is 3. The fourth-order valence-corrected chi connectivity index (χ4v) is 2.67. The van der Waals surface area contributed by atoms with Gasteiger partial charge in [0.2, 0.25) is 5.91 Å². The summed E-state index contributed by atoms with van der Waals surface area (Å²) in [6.07, 6.45) is 5.25. The van der Waals surface area contributed by atoms with E-state index >= 15 is 0 Å². The van der Waals surface area contributed by atoms with Crippen molar-refractivity contribution in [2.24, 2.45) is 0 Å². The summed E-state index contributed by atoms with van der Waals surface area (Å²) in [4.78, 5) is 24.9. The van der Waals surface area contributed by atoms with Crippen molar-refractivity contribution < 1.29 is 14.7 Å². The van der Waals surface area contributed by atoms with Crippen molar-refractivity contribution in [2.45, 2.75) is 64.5 Å². The summed E-state index contributed by atoms with van der Waals surface area (Å²) in [5, 5.41) is 11.8. The third-order valence-electron chi connectivity index (χ3n) is 3.79. The van der Waals surface area contributed by atoms with Crippen molar-refractivity contribution in [1.29, 1.82) is 0 Å². The molecule has 2 N–H and O–H groups in total. The third kappa shape index (κ3) is 5.19. The van der Waals surface area contributed by atoms with Gasteiger partial charge in [0.15, 0.2) is 0 Å². The first-order valence-electron chi connectivity index (χ1n) is 7.31. The van der Waals surface area contributed by atoms with Gasteiger partial charge < -0.3 is 10.4 Å². The molecular formula is C14H26N2O3. The maximum atomic E-state index is 12.0. The van der Waals surface area contributed by atoms with Crippen LogP contribution >= 0.6 is 0 Å². The van der Waals surface area contributed by atoms with Crippen LogP contribution in [0.2, 0.25) is 0 Å². The summed E-state index contributed by atoms with van der Waals surface area (Å²) in [7, 11) is 0. The van der Waals surface area contributed by atoms with Gasteiger partial charge in [0.25, 0.3) is 0 Å². The molecule has 1 amide bonds. The van der Waals surface area contributed by atoms with E-state index < -0.39 is 5.97 Å². The van der Waals surface area contributed by atoms with Gasteiger partial charge in [-0.3, -0.25) is 14.5 Å². The number of carboxylic acid groups (broad SMARTS) is 1. The summed E-state index contributed by atoms with van der Waals surface area (Å²) >= 11 is 0. The SMILES string of the molecule is CCCCCNC(=O)C(C)N1CCCC1CC(=O)O. The van der Waals surface area contributed by atoms with Crippen LogP contribution in [0.1, 0.15) is 52.4 Å². The molecule has 0 aromatic heterocycles. The number of carbonyl (C=O) groups excluding carboxylic acids is 1. The monoisotopic (exact) mass is 270 g/mol. The van der Waals surface area contributed by atoms with Crippen LogP contribution in [0.4, 0.5) is 0 Å². The van der Waals surface area contributed by atoms with E-state index in [-0.39, 0.29) is 24.4 Å². The molecule has 0 aromatic carbocycles. The van der Waals surface area contributed by atoms with Crippen molar-refractivity contribution in [3.63, 3.8) is 0 Å². The number of carboxylic acids is 1. The lowest BCUT2D eigenvalue weighted by atomic mass is 10.1. The highest BCUT2D eigenvalue weighted by Gasteiger charge is 2.32. The normalized spacial score (nSPS) is 21.3. The largest absolute Gasteiger partial charge is 0.481 e. The summed E-state index contributed by atoms with van der Waals surface area (Å²) in [5.74, 6) is -0.763.